The number of amides is 2. The van der Waals surface area contributed by atoms with Crippen LogP contribution >= 0.6 is 11.8 Å². The lowest BCUT2D eigenvalue weighted by Gasteiger charge is -2.42. The highest BCUT2D eigenvalue weighted by atomic mass is 32.2. The normalized spacial score (nSPS) is 19.9. The van der Waals surface area contributed by atoms with Gasteiger partial charge in [-0.15, -0.1) is 0 Å². The summed E-state index contributed by atoms with van der Waals surface area (Å²) in [4.78, 5) is 35.7. The Morgan fingerprint density at radius 2 is 1.64 bits per heavy atom. The number of benzene rings is 2. The molecular weight excluding hydrogens is 434 g/mol. The lowest BCUT2D eigenvalue weighted by molar-refractivity contribution is -0.131. The predicted octanol–water partition coefficient (Wildman–Crippen LogP) is 6.26. The average Bonchev–Trinajstić information content (AvgIpc) is 3.03. The van der Waals surface area contributed by atoms with Gasteiger partial charge in [-0.1, -0.05) is 39.8 Å². The van der Waals surface area contributed by atoms with Gasteiger partial charge in [0.05, 0.1) is 4.91 Å². The smallest absolute Gasteiger partial charge is 0.308 e. The predicted molar refractivity (Wildman–Crippen MR) is 132 cm³/mol. The van der Waals surface area contributed by atoms with Crippen molar-refractivity contribution in [3.63, 3.8) is 0 Å². The van der Waals surface area contributed by atoms with Crippen molar-refractivity contribution in [3.05, 3.63) is 57.5 Å². The number of hydrogen-bond donors (Lipinski definition) is 1. The van der Waals surface area contributed by atoms with Gasteiger partial charge in [0.15, 0.2) is 0 Å². The molecule has 2 aliphatic rings. The summed E-state index contributed by atoms with van der Waals surface area (Å²) in [5.41, 5.74) is 6.44. The van der Waals surface area contributed by atoms with E-state index in [4.69, 9.17) is 4.74 Å². The lowest BCUT2D eigenvalue weighted by atomic mass is 9.62. The Hall–Kier alpha value is -2.86. The Balaban J connectivity index is 1.90. The molecule has 33 heavy (non-hydrogen) atoms. The number of aryl methyl sites for hydroxylation is 1. The number of carbonyl (C=O) groups excluding carboxylic acids is 3. The first-order chi connectivity index (χ1) is 15.4. The van der Waals surface area contributed by atoms with Gasteiger partial charge in [-0.05, 0) is 94.4 Å². The fraction of sp³-hybridized carbons (Fsp3) is 0.370. The molecule has 1 heterocycles. The Kier molecular flexibility index (Phi) is 5.77. The first kappa shape index (κ1) is 23.3. The van der Waals surface area contributed by atoms with Crippen molar-refractivity contribution in [2.24, 2.45) is 0 Å². The van der Waals surface area contributed by atoms with Crippen molar-refractivity contribution in [1.82, 2.24) is 5.32 Å². The number of fused-ring (bicyclic) bond motifs is 1. The molecule has 0 bridgehead atoms. The van der Waals surface area contributed by atoms with Crippen LogP contribution in [0.4, 0.5) is 4.79 Å². The van der Waals surface area contributed by atoms with E-state index >= 15 is 0 Å². The topological polar surface area (TPSA) is 72.5 Å². The molecule has 0 unspecified atom stereocenters. The summed E-state index contributed by atoms with van der Waals surface area (Å²) in [6.45, 7) is 12.6. The summed E-state index contributed by atoms with van der Waals surface area (Å²) in [6.07, 6.45) is 3.91. The van der Waals surface area contributed by atoms with E-state index in [1.165, 1.54) is 18.1 Å². The summed E-state index contributed by atoms with van der Waals surface area (Å²) in [7, 11) is 0. The molecule has 1 aliphatic carbocycles. The van der Waals surface area contributed by atoms with Crippen LogP contribution in [0, 0.1) is 6.92 Å². The van der Waals surface area contributed by atoms with Gasteiger partial charge in [-0.25, -0.2) is 0 Å². The Labute approximate surface area is 199 Å². The molecular formula is C27H29NO4S. The zero-order valence-corrected chi connectivity index (χ0v) is 20.7. The van der Waals surface area contributed by atoms with Crippen molar-refractivity contribution in [3.8, 4) is 16.9 Å². The molecule has 0 spiro atoms. The van der Waals surface area contributed by atoms with Gasteiger partial charge < -0.3 is 4.74 Å². The number of carbonyl (C=O) groups is 3. The summed E-state index contributed by atoms with van der Waals surface area (Å²) in [5.74, 6) is -0.319. The van der Waals surface area contributed by atoms with Crippen molar-refractivity contribution < 1.29 is 19.1 Å². The van der Waals surface area contributed by atoms with Crippen LogP contribution in [0.3, 0.4) is 0 Å². The molecule has 1 aliphatic heterocycles. The number of imide groups is 1. The van der Waals surface area contributed by atoms with Gasteiger partial charge in [-0.3, -0.25) is 19.7 Å². The van der Waals surface area contributed by atoms with Crippen LogP contribution in [0.5, 0.6) is 5.75 Å². The molecule has 172 valence electrons. The van der Waals surface area contributed by atoms with Crippen LogP contribution < -0.4 is 10.1 Å². The second-order valence-electron chi connectivity index (χ2n) is 10.2. The molecule has 6 heteroatoms. The Morgan fingerprint density at radius 3 is 2.21 bits per heavy atom. The first-order valence-corrected chi connectivity index (χ1v) is 11.9. The summed E-state index contributed by atoms with van der Waals surface area (Å²) in [6, 6.07) is 9.96. The zero-order valence-electron chi connectivity index (χ0n) is 19.9. The molecule has 2 aromatic rings. The maximum atomic E-state index is 12.0. The third-order valence-corrected chi connectivity index (χ3v) is 7.50. The molecule has 0 radical (unpaired) electrons. The highest BCUT2D eigenvalue weighted by Crippen LogP contribution is 2.48. The van der Waals surface area contributed by atoms with E-state index in [2.05, 4.69) is 52.1 Å². The largest absolute Gasteiger partial charge is 0.426 e. The van der Waals surface area contributed by atoms with Gasteiger partial charge in [0, 0.05) is 12.5 Å². The highest BCUT2D eigenvalue weighted by Gasteiger charge is 2.37. The molecule has 0 aromatic heterocycles. The van der Waals surface area contributed by atoms with Crippen LogP contribution in [-0.2, 0) is 20.4 Å². The fourth-order valence-corrected chi connectivity index (χ4v) is 5.36. The van der Waals surface area contributed by atoms with Crippen LogP contribution in [0.2, 0.25) is 0 Å². The molecule has 2 aromatic carbocycles. The molecule has 1 fully saturated rings. The quantitative estimate of drug-likeness (QED) is 0.330. The molecule has 4 rings (SSSR count). The van der Waals surface area contributed by atoms with E-state index in [0.717, 1.165) is 46.9 Å². The van der Waals surface area contributed by atoms with E-state index in [-0.39, 0.29) is 16.1 Å². The second kappa shape index (κ2) is 8.17. The van der Waals surface area contributed by atoms with E-state index < -0.39 is 11.9 Å². The third kappa shape index (κ3) is 4.49. The Morgan fingerprint density at radius 1 is 1.00 bits per heavy atom. The maximum absolute atomic E-state index is 12.0. The zero-order chi connectivity index (χ0) is 24.1. The van der Waals surface area contributed by atoms with Gasteiger partial charge in [0.2, 0.25) is 0 Å². The number of thioether (sulfide) groups is 1. The van der Waals surface area contributed by atoms with Crippen molar-refractivity contribution >= 4 is 35.0 Å². The minimum absolute atomic E-state index is 0.0351. The molecule has 0 atom stereocenters. The van der Waals surface area contributed by atoms with Gasteiger partial charge in [0.1, 0.15) is 5.75 Å². The number of nitrogens with one attached hydrogen (secondary N) is 1. The summed E-state index contributed by atoms with van der Waals surface area (Å²) >= 11 is 0.882. The van der Waals surface area contributed by atoms with E-state index in [9.17, 15) is 14.4 Å². The van der Waals surface area contributed by atoms with E-state index in [1.807, 2.05) is 6.07 Å². The van der Waals surface area contributed by atoms with Crippen LogP contribution in [0.15, 0.2) is 35.2 Å². The minimum Gasteiger partial charge on any atom is -0.426 e. The highest BCUT2D eigenvalue weighted by molar-refractivity contribution is 8.18. The van der Waals surface area contributed by atoms with Crippen molar-refractivity contribution in [1.29, 1.82) is 0 Å². The van der Waals surface area contributed by atoms with Crippen molar-refractivity contribution in [2.45, 2.75) is 65.2 Å². The fourth-order valence-electron chi connectivity index (χ4n) is 4.68. The number of rotatable bonds is 3. The minimum atomic E-state index is -0.399. The summed E-state index contributed by atoms with van der Waals surface area (Å²) in [5, 5.41) is 1.90. The SMILES string of the molecule is CC(=O)Oc1ccc(C=C2SC(=O)NC2=O)cc1-c1cc2c(cc1C)C(C)(C)CCC2(C)C. The molecule has 0 saturated carbocycles. The van der Waals surface area contributed by atoms with Crippen LogP contribution in [0.25, 0.3) is 17.2 Å². The molecule has 2 amide bonds. The first-order valence-electron chi connectivity index (χ1n) is 11.1. The van der Waals surface area contributed by atoms with E-state index in [1.54, 1.807) is 18.2 Å². The van der Waals surface area contributed by atoms with Crippen LogP contribution in [-0.4, -0.2) is 17.1 Å². The van der Waals surface area contributed by atoms with Gasteiger partial charge >= 0.3 is 5.97 Å². The summed E-state index contributed by atoms with van der Waals surface area (Å²) < 4.78 is 5.56. The van der Waals surface area contributed by atoms with E-state index in [0.29, 0.717) is 10.7 Å². The average molecular weight is 464 g/mol. The molecule has 1 saturated heterocycles. The number of esters is 1. The standard InChI is InChI=1S/C27H29NO4S/c1-15-11-20-21(27(5,6)10-9-26(20,3)4)14-18(15)19-12-17(7-8-22(19)32-16(2)29)13-23-24(30)28-25(31)33-23/h7-8,11-14H,9-10H2,1-6H3,(H,28,30,31). The molecule has 1 N–H and O–H groups in total. The number of hydrogen-bond acceptors (Lipinski definition) is 5. The third-order valence-electron chi connectivity index (χ3n) is 6.69. The monoisotopic (exact) mass is 463 g/mol. The van der Waals surface area contributed by atoms with Gasteiger partial charge in [0.25, 0.3) is 11.1 Å². The number of ether oxygens (including phenoxy) is 1. The van der Waals surface area contributed by atoms with Gasteiger partial charge in [-0.2, -0.15) is 0 Å². The van der Waals surface area contributed by atoms with Crippen molar-refractivity contribution in [2.75, 3.05) is 0 Å². The maximum Gasteiger partial charge on any atom is 0.308 e. The Bertz CT molecular complexity index is 1220. The molecule has 5 nitrogen and oxygen atoms in total. The lowest BCUT2D eigenvalue weighted by Crippen LogP contribution is -2.34. The van der Waals surface area contributed by atoms with Crippen LogP contribution in [0.1, 0.15) is 69.7 Å². The second-order valence-corrected chi connectivity index (χ2v) is 11.2.